The number of likely N-dealkylation sites (tertiary alicyclic amines) is 1. The number of hydrogen-bond donors (Lipinski definition) is 1. The molecule has 138 valence electrons. The summed E-state index contributed by atoms with van der Waals surface area (Å²) in [4.78, 5) is 27.2. The van der Waals surface area contributed by atoms with Gasteiger partial charge in [0, 0.05) is 24.5 Å². The van der Waals surface area contributed by atoms with Crippen LogP contribution >= 0.6 is 0 Å². The van der Waals surface area contributed by atoms with Crippen molar-refractivity contribution in [3.8, 4) is 0 Å². The second-order valence-electron chi connectivity index (χ2n) is 7.43. The molecule has 2 aliphatic rings. The van der Waals surface area contributed by atoms with Gasteiger partial charge >= 0.3 is 0 Å². The van der Waals surface area contributed by atoms with Crippen LogP contribution in [0.2, 0.25) is 0 Å². The molecule has 1 aromatic heterocycles. The number of carbonyl (C=O) groups is 2. The maximum absolute atomic E-state index is 12.8. The molecule has 1 N–H and O–H groups in total. The molecule has 2 fully saturated rings. The molecule has 2 amide bonds. The van der Waals surface area contributed by atoms with Crippen LogP contribution in [0.4, 0.5) is 0 Å². The SMILES string of the molecule is O=C(Cn1nc(C(=O)N2CCCC2)c2ccccc21)NC1CCCCC1. The van der Waals surface area contributed by atoms with Gasteiger partial charge in [0.05, 0.1) is 5.52 Å². The van der Waals surface area contributed by atoms with Crippen LogP contribution in [0.5, 0.6) is 0 Å². The lowest BCUT2D eigenvalue weighted by Crippen LogP contribution is -2.38. The summed E-state index contributed by atoms with van der Waals surface area (Å²) in [6.07, 6.45) is 7.85. The highest BCUT2D eigenvalue weighted by Crippen LogP contribution is 2.22. The monoisotopic (exact) mass is 354 g/mol. The molecule has 6 heteroatoms. The van der Waals surface area contributed by atoms with E-state index < -0.39 is 0 Å². The Labute approximate surface area is 153 Å². The molecule has 0 unspecified atom stereocenters. The van der Waals surface area contributed by atoms with Gasteiger partial charge in [0.25, 0.3) is 5.91 Å². The lowest BCUT2D eigenvalue weighted by atomic mass is 9.95. The molecule has 26 heavy (non-hydrogen) atoms. The first-order valence-corrected chi connectivity index (χ1v) is 9.76. The van der Waals surface area contributed by atoms with Crippen molar-refractivity contribution >= 4 is 22.7 Å². The third-order valence-electron chi connectivity index (χ3n) is 5.52. The summed E-state index contributed by atoms with van der Waals surface area (Å²) in [6, 6.07) is 7.96. The molecule has 0 atom stereocenters. The predicted octanol–water partition coefficient (Wildman–Crippen LogP) is 2.72. The smallest absolute Gasteiger partial charge is 0.275 e. The summed E-state index contributed by atoms with van der Waals surface area (Å²) >= 11 is 0. The Kier molecular flexibility index (Phi) is 4.91. The molecule has 2 aromatic rings. The number of para-hydroxylation sites is 1. The third-order valence-corrected chi connectivity index (χ3v) is 5.52. The van der Waals surface area contributed by atoms with Crippen molar-refractivity contribution in [3.63, 3.8) is 0 Å². The first-order chi connectivity index (χ1) is 12.7. The van der Waals surface area contributed by atoms with Crippen molar-refractivity contribution in [3.05, 3.63) is 30.0 Å². The highest BCUT2D eigenvalue weighted by atomic mass is 16.2. The van der Waals surface area contributed by atoms with E-state index >= 15 is 0 Å². The Hall–Kier alpha value is -2.37. The number of nitrogens with zero attached hydrogens (tertiary/aromatic N) is 3. The van der Waals surface area contributed by atoms with E-state index in [1.165, 1.54) is 19.3 Å². The van der Waals surface area contributed by atoms with Crippen LogP contribution in [-0.2, 0) is 11.3 Å². The van der Waals surface area contributed by atoms with E-state index in [-0.39, 0.29) is 24.4 Å². The van der Waals surface area contributed by atoms with Crippen molar-refractivity contribution in [1.29, 1.82) is 0 Å². The lowest BCUT2D eigenvalue weighted by molar-refractivity contribution is -0.122. The fraction of sp³-hybridized carbons (Fsp3) is 0.550. The number of hydrogen-bond acceptors (Lipinski definition) is 3. The van der Waals surface area contributed by atoms with Crippen LogP contribution in [0.25, 0.3) is 10.9 Å². The first kappa shape index (κ1) is 17.1. The number of amides is 2. The Balaban J connectivity index is 1.55. The summed E-state index contributed by atoms with van der Waals surface area (Å²) in [5, 5.41) is 8.49. The minimum Gasteiger partial charge on any atom is -0.352 e. The Bertz CT molecular complexity index is 801. The van der Waals surface area contributed by atoms with E-state index in [4.69, 9.17) is 0 Å². The van der Waals surface area contributed by atoms with Crippen LogP contribution in [0.1, 0.15) is 55.4 Å². The molecule has 0 bridgehead atoms. The molecule has 1 aliphatic carbocycles. The fourth-order valence-corrected chi connectivity index (χ4v) is 4.13. The Morgan fingerprint density at radius 2 is 1.77 bits per heavy atom. The van der Waals surface area contributed by atoms with Gasteiger partial charge in [0.1, 0.15) is 6.54 Å². The van der Waals surface area contributed by atoms with Crippen LogP contribution in [0, 0.1) is 0 Å². The molecular formula is C20H26N4O2. The molecule has 0 spiro atoms. The number of carbonyl (C=O) groups excluding carboxylic acids is 2. The molecule has 2 heterocycles. The summed E-state index contributed by atoms with van der Waals surface area (Å²) in [5.74, 6) is -0.0459. The summed E-state index contributed by atoms with van der Waals surface area (Å²) in [7, 11) is 0. The normalized spacial score (nSPS) is 18.4. The van der Waals surface area contributed by atoms with Crippen molar-refractivity contribution in [2.45, 2.75) is 57.5 Å². The number of aromatic nitrogens is 2. The van der Waals surface area contributed by atoms with E-state index in [9.17, 15) is 9.59 Å². The fourth-order valence-electron chi connectivity index (χ4n) is 4.13. The molecule has 4 rings (SSSR count). The number of fused-ring (bicyclic) bond motifs is 1. The van der Waals surface area contributed by atoms with Gasteiger partial charge in [0.2, 0.25) is 5.91 Å². The number of nitrogens with one attached hydrogen (secondary N) is 1. The molecule has 1 saturated carbocycles. The molecule has 1 aromatic carbocycles. The van der Waals surface area contributed by atoms with Gasteiger partial charge in [-0.1, -0.05) is 37.5 Å². The minimum atomic E-state index is -0.0230. The van der Waals surface area contributed by atoms with E-state index in [2.05, 4.69) is 10.4 Å². The molecule has 1 saturated heterocycles. The maximum Gasteiger partial charge on any atom is 0.275 e. The van der Waals surface area contributed by atoms with Gasteiger partial charge in [-0.05, 0) is 31.7 Å². The van der Waals surface area contributed by atoms with Gasteiger partial charge in [-0.2, -0.15) is 5.10 Å². The topological polar surface area (TPSA) is 67.2 Å². The summed E-state index contributed by atoms with van der Waals surface area (Å²) in [6.45, 7) is 1.74. The second kappa shape index (κ2) is 7.48. The highest BCUT2D eigenvalue weighted by molar-refractivity contribution is 6.05. The molecule has 6 nitrogen and oxygen atoms in total. The van der Waals surface area contributed by atoms with Crippen LogP contribution in [-0.4, -0.2) is 45.6 Å². The molecule has 1 aliphatic heterocycles. The minimum absolute atomic E-state index is 0.0228. The molecule has 0 radical (unpaired) electrons. The first-order valence-electron chi connectivity index (χ1n) is 9.76. The van der Waals surface area contributed by atoms with Crippen LogP contribution in [0.3, 0.4) is 0 Å². The summed E-state index contributed by atoms with van der Waals surface area (Å²) < 4.78 is 1.68. The van der Waals surface area contributed by atoms with Gasteiger partial charge in [0.15, 0.2) is 5.69 Å². The number of rotatable bonds is 4. The average molecular weight is 354 g/mol. The second-order valence-corrected chi connectivity index (χ2v) is 7.43. The Morgan fingerprint density at radius 3 is 2.54 bits per heavy atom. The van der Waals surface area contributed by atoms with Gasteiger partial charge in [-0.15, -0.1) is 0 Å². The van der Waals surface area contributed by atoms with Crippen molar-refractivity contribution in [2.75, 3.05) is 13.1 Å². The van der Waals surface area contributed by atoms with Crippen molar-refractivity contribution in [2.24, 2.45) is 0 Å². The van der Waals surface area contributed by atoms with Crippen molar-refractivity contribution < 1.29 is 9.59 Å². The maximum atomic E-state index is 12.8. The number of benzene rings is 1. The largest absolute Gasteiger partial charge is 0.352 e. The predicted molar refractivity (Wildman–Crippen MR) is 99.9 cm³/mol. The van der Waals surface area contributed by atoms with Crippen molar-refractivity contribution in [1.82, 2.24) is 20.0 Å². The van der Waals surface area contributed by atoms with E-state index in [0.29, 0.717) is 5.69 Å². The van der Waals surface area contributed by atoms with Crippen LogP contribution < -0.4 is 5.32 Å². The average Bonchev–Trinajstić information content (AvgIpc) is 3.31. The van der Waals surface area contributed by atoms with E-state index in [1.54, 1.807) is 4.68 Å². The van der Waals surface area contributed by atoms with E-state index in [0.717, 1.165) is 49.7 Å². The quantitative estimate of drug-likeness (QED) is 0.918. The van der Waals surface area contributed by atoms with Gasteiger partial charge in [-0.25, -0.2) is 0 Å². The molecular weight excluding hydrogens is 328 g/mol. The summed E-state index contributed by atoms with van der Waals surface area (Å²) in [5.41, 5.74) is 1.31. The van der Waals surface area contributed by atoms with E-state index in [1.807, 2.05) is 29.2 Å². The zero-order chi connectivity index (χ0) is 17.9. The van der Waals surface area contributed by atoms with Gasteiger partial charge in [-0.3, -0.25) is 14.3 Å². The zero-order valence-electron chi connectivity index (χ0n) is 15.1. The lowest BCUT2D eigenvalue weighted by Gasteiger charge is -2.22. The van der Waals surface area contributed by atoms with Crippen LogP contribution in [0.15, 0.2) is 24.3 Å². The standard InChI is InChI=1S/C20H26N4O2/c25-18(21-15-8-2-1-3-9-15)14-24-17-11-5-4-10-16(17)19(22-24)20(26)23-12-6-7-13-23/h4-5,10-11,15H,1-3,6-9,12-14H2,(H,21,25). The zero-order valence-corrected chi connectivity index (χ0v) is 15.1. The Morgan fingerprint density at radius 1 is 1.04 bits per heavy atom. The van der Waals surface area contributed by atoms with Gasteiger partial charge < -0.3 is 10.2 Å². The third kappa shape index (κ3) is 3.45. The highest BCUT2D eigenvalue weighted by Gasteiger charge is 2.25.